The summed E-state index contributed by atoms with van der Waals surface area (Å²) in [5, 5.41) is 0. The quantitative estimate of drug-likeness (QED) is 0.773. The summed E-state index contributed by atoms with van der Waals surface area (Å²) < 4.78 is 31.3. The Hall–Kier alpha value is -2.93. The van der Waals surface area contributed by atoms with E-state index in [9.17, 15) is 8.42 Å². The highest BCUT2D eigenvalue weighted by atomic mass is 32.2. The van der Waals surface area contributed by atoms with Crippen molar-refractivity contribution in [3.8, 4) is 17.3 Å². The van der Waals surface area contributed by atoms with Gasteiger partial charge in [-0.15, -0.1) is 0 Å². The Kier molecular flexibility index (Phi) is 4.41. The van der Waals surface area contributed by atoms with Crippen LogP contribution in [-0.2, 0) is 9.84 Å². The van der Waals surface area contributed by atoms with Crippen LogP contribution < -0.4 is 10.5 Å². The average molecular weight is 355 g/mol. The molecule has 0 saturated heterocycles. The molecular formula is C18H17N3O3S. The Morgan fingerprint density at radius 3 is 2.20 bits per heavy atom. The lowest BCUT2D eigenvalue weighted by molar-refractivity contribution is 0.380. The van der Waals surface area contributed by atoms with E-state index in [1.807, 2.05) is 19.1 Å². The number of nitrogens with zero attached hydrogens (tertiary/aromatic N) is 2. The highest BCUT2D eigenvalue weighted by molar-refractivity contribution is 7.91. The van der Waals surface area contributed by atoms with Gasteiger partial charge in [-0.05, 0) is 19.1 Å². The minimum atomic E-state index is -3.89. The van der Waals surface area contributed by atoms with Gasteiger partial charge in [0.05, 0.1) is 17.7 Å². The summed E-state index contributed by atoms with van der Waals surface area (Å²) in [6.07, 6.45) is 0. The predicted molar refractivity (Wildman–Crippen MR) is 95.1 cm³/mol. The lowest BCUT2D eigenvalue weighted by Crippen LogP contribution is -2.11. The van der Waals surface area contributed by atoms with Crippen LogP contribution in [0.1, 0.15) is 5.56 Å². The molecule has 128 valence electrons. The number of aryl methyl sites for hydroxylation is 1. The fourth-order valence-electron chi connectivity index (χ4n) is 2.43. The van der Waals surface area contributed by atoms with Gasteiger partial charge in [0.15, 0.2) is 5.82 Å². The first-order valence-corrected chi connectivity index (χ1v) is 9.00. The molecule has 0 bridgehead atoms. The van der Waals surface area contributed by atoms with E-state index in [2.05, 4.69) is 9.97 Å². The molecule has 1 heterocycles. The van der Waals surface area contributed by atoms with Gasteiger partial charge in [-0.25, -0.2) is 8.42 Å². The monoisotopic (exact) mass is 355 g/mol. The Labute approximate surface area is 146 Å². The largest absolute Gasteiger partial charge is 0.467 e. The molecular weight excluding hydrogens is 338 g/mol. The van der Waals surface area contributed by atoms with Crippen LogP contribution in [0.4, 0.5) is 5.82 Å². The molecule has 0 atom stereocenters. The summed E-state index contributed by atoms with van der Waals surface area (Å²) in [6.45, 7) is 1.94. The summed E-state index contributed by atoms with van der Waals surface area (Å²) in [5.41, 5.74) is 7.86. The average Bonchev–Trinajstić information content (AvgIpc) is 2.62. The molecule has 25 heavy (non-hydrogen) atoms. The second kappa shape index (κ2) is 6.52. The van der Waals surface area contributed by atoms with Crippen LogP contribution in [0, 0.1) is 6.92 Å². The van der Waals surface area contributed by atoms with Crippen molar-refractivity contribution in [2.75, 3.05) is 12.8 Å². The third-order valence-electron chi connectivity index (χ3n) is 3.70. The lowest BCUT2D eigenvalue weighted by atomic mass is 10.1. The number of ether oxygens (including phenoxy) is 1. The second-order valence-electron chi connectivity index (χ2n) is 5.46. The maximum Gasteiger partial charge on any atom is 0.318 e. The Morgan fingerprint density at radius 1 is 0.960 bits per heavy atom. The Balaban J connectivity index is 2.31. The van der Waals surface area contributed by atoms with Crippen molar-refractivity contribution in [2.24, 2.45) is 0 Å². The van der Waals surface area contributed by atoms with Crippen LogP contribution in [0.25, 0.3) is 11.3 Å². The number of nitrogen functional groups attached to an aromatic ring is 1. The molecule has 0 amide bonds. The molecule has 1 aromatic heterocycles. The molecule has 3 rings (SSSR count). The minimum Gasteiger partial charge on any atom is -0.467 e. The van der Waals surface area contributed by atoms with Gasteiger partial charge in [-0.1, -0.05) is 48.0 Å². The number of anilines is 1. The third kappa shape index (κ3) is 3.18. The number of rotatable bonds is 4. The zero-order valence-corrected chi connectivity index (χ0v) is 14.6. The lowest BCUT2D eigenvalue weighted by Gasteiger charge is -2.13. The van der Waals surface area contributed by atoms with Crippen molar-refractivity contribution in [3.63, 3.8) is 0 Å². The van der Waals surface area contributed by atoms with Gasteiger partial charge in [0.1, 0.15) is 4.90 Å². The zero-order valence-electron chi connectivity index (χ0n) is 13.8. The number of methoxy groups -OCH3 is 1. The molecule has 7 heteroatoms. The SMILES string of the molecule is COc1nc(N)c(S(=O)(=O)c2ccccc2)c(-c2ccc(C)cc2)n1. The first-order chi connectivity index (χ1) is 11.9. The van der Waals surface area contributed by atoms with Gasteiger partial charge in [0.25, 0.3) is 0 Å². The first kappa shape index (κ1) is 16.9. The van der Waals surface area contributed by atoms with E-state index in [1.54, 1.807) is 30.3 Å². The molecule has 0 saturated carbocycles. The summed E-state index contributed by atoms with van der Waals surface area (Å²) in [6, 6.07) is 15.4. The van der Waals surface area contributed by atoms with E-state index >= 15 is 0 Å². The van der Waals surface area contributed by atoms with Crippen molar-refractivity contribution in [2.45, 2.75) is 16.7 Å². The number of sulfone groups is 1. The fourth-order valence-corrected chi connectivity index (χ4v) is 3.92. The molecule has 0 radical (unpaired) electrons. The van der Waals surface area contributed by atoms with Gasteiger partial charge >= 0.3 is 6.01 Å². The van der Waals surface area contributed by atoms with Crippen LogP contribution in [0.5, 0.6) is 6.01 Å². The molecule has 0 unspecified atom stereocenters. The van der Waals surface area contributed by atoms with Crippen molar-refractivity contribution in [3.05, 3.63) is 60.2 Å². The maximum atomic E-state index is 13.1. The van der Waals surface area contributed by atoms with Gasteiger partial charge in [0, 0.05) is 5.56 Å². The molecule has 0 aliphatic carbocycles. The van der Waals surface area contributed by atoms with Crippen LogP contribution in [0.2, 0.25) is 0 Å². The van der Waals surface area contributed by atoms with Crippen molar-refractivity contribution < 1.29 is 13.2 Å². The van der Waals surface area contributed by atoms with Gasteiger partial charge in [-0.2, -0.15) is 9.97 Å². The van der Waals surface area contributed by atoms with E-state index in [1.165, 1.54) is 19.2 Å². The Morgan fingerprint density at radius 2 is 1.60 bits per heavy atom. The van der Waals surface area contributed by atoms with Gasteiger partial charge < -0.3 is 10.5 Å². The van der Waals surface area contributed by atoms with Crippen molar-refractivity contribution >= 4 is 15.7 Å². The standard InChI is InChI=1S/C18H17N3O3S/c1-12-8-10-13(11-9-12)15-16(17(19)21-18(20-15)24-2)25(22,23)14-6-4-3-5-7-14/h3-11H,1-2H3,(H2,19,20,21). The van der Waals surface area contributed by atoms with E-state index in [0.29, 0.717) is 5.56 Å². The minimum absolute atomic E-state index is 0.0140. The third-order valence-corrected chi connectivity index (χ3v) is 5.53. The molecule has 0 fully saturated rings. The van der Waals surface area contributed by atoms with E-state index in [-0.39, 0.29) is 27.3 Å². The molecule has 2 aromatic carbocycles. The highest BCUT2D eigenvalue weighted by Crippen LogP contribution is 2.34. The van der Waals surface area contributed by atoms with Crippen LogP contribution in [-0.4, -0.2) is 25.5 Å². The van der Waals surface area contributed by atoms with E-state index in [4.69, 9.17) is 10.5 Å². The number of hydrogen-bond acceptors (Lipinski definition) is 6. The van der Waals surface area contributed by atoms with Crippen molar-refractivity contribution in [1.82, 2.24) is 9.97 Å². The van der Waals surface area contributed by atoms with Crippen molar-refractivity contribution in [1.29, 1.82) is 0 Å². The topological polar surface area (TPSA) is 95.2 Å². The Bertz CT molecular complexity index is 1000. The summed E-state index contributed by atoms with van der Waals surface area (Å²) in [5.74, 6) is -0.147. The second-order valence-corrected chi connectivity index (χ2v) is 7.34. The summed E-state index contributed by atoms with van der Waals surface area (Å²) in [4.78, 5) is 8.21. The van der Waals surface area contributed by atoms with Crippen LogP contribution in [0.3, 0.4) is 0 Å². The fraction of sp³-hybridized carbons (Fsp3) is 0.111. The first-order valence-electron chi connectivity index (χ1n) is 7.52. The molecule has 3 aromatic rings. The van der Waals surface area contributed by atoms with Gasteiger partial charge in [-0.3, -0.25) is 0 Å². The molecule has 0 spiro atoms. The molecule has 2 N–H and O–H groups in total. The smallest absolute Gasteiger partial charge is 0.318 e. The summed E-state index contributed by atoms with van der Waals surface area (Å²) in [7, 11) is -2.49. The number of benzene rings is 2. The molecule has 6 nitrogen and oxygen atoms in total. The molecule has 0 aliphatic heterocycles. The normalized spacial score (nSPS) is 11.3. The zero-order chi connectivity index (χ0) is 18.0. The van der Waals surface area contributed by atoms with Crippen LogP contribution in [0.15, 0.2) is 64.4 Å². The van der Waals surface area contributed by atoms with Crippen LogP contribution >= 0.6 is 0 Å². The number of nitrogens with two attached hydrogens (primary N) is 1. The number of hydrogen-bond donors (Lipinski definition) is 1. The number of aromatic nitrogens is 2. The summed E-state index contributed by atoms with van der Waals surface area (Å²) >= 11 is 0. The predicted octanol–water partition coefficient (Wildman–Crippen LogP) is 2.88. The van der Waals surface area contributed by atoms with E-state index in [0.717, 1.165) is 5.56 Å². The maximum absolute atomic E-state index is 13.1. The highest BCUT2D eigenvalue weighted by Gasteiger charge is 2.28. The van der Waals surface area contributed by atoms with E-state index < -0.39 is 9.84 Å². The van der Waals surface area contributed by atoms with Gasteiger partial charge in [0.2, 0.25) is 9.84 Å². The molecule has 0 aliphatic rings.